The summed E-state index contributed by atoms with van der Waals surface area (Å²) in [4.78, 5) is 6.28. The zero-order valence-electron chi connectivity index (χ0n) is 9.23. The molecule has 1 aromatic heterocycles. The second-order valence-corrected chi connectivity index (χ2v) is 4.12. The number of nitrogens with zero attached hydrogens (tertiary/aromatic N) is 2. The zero-order valence-corrected chi connectivity index (χ0v) is 9.23. The van der Waals surface area contributed by atoms with Gasteiger partial charge in [0, 0.05) is 12.2 Å². The first kappa shape index (κ1) is 10.1. The number of aromatic nitrogens is 1. The highest BCUT2D eigenvalue weighted by Gasteiger charge is 2.21. The summed E-state index contributed by atoms with van der Waals surface area (Å²) in [7, 11) is 0. The SMILES string of the molecule is Nc1ccc(N2CCc3ccc(F)cc32)nc1. The smallest absolute Gasteiger partial charge is 0.133 e. The molecule has 0 amide bonds. The van der Waals surface area contributed by atoms with Gasteiger partial charge in [-0.1, -0.05) is 6.07 Å². The molecule has 1 aliphatic heterocycles. The van der Waals surface area contributed by atoms with Crippen LogP contribution in [0.5, 0.6) is 0 Å². The number of fused-ring (bicyclic) bond motifs is 1. The van der Waals surface area contributed by atoms with Gasteiger partial charge in [0.1, 0.15) is 11.6 Å². The van der Waals surface area contributed by atoms with E-state index in [2.05, 4.69) is 4.98 Å². The molecule has 0 fully saturated rings. The number of anilines is 3. The lowest BCUT2D eigenvalue weighted by molar-refractivity contribution is 0.628. The van der Waals surface area contributed by atoms with Gasteiger partial charge >= 0.3 is 0 Å². The van der Waals surface area contributed by atoms with Gasteiger partial charge in [0.25, 0.3) is 0 Å². The molecule has 17 heavy (non-hydrogen) atoms. The Morgan fingerprint density at radius 3 is 2.88 bits per heavy atom. The molecule has 86 valence electrons. The van der Waals surface area contributed by atoms with Crippen LogP contribution in [0.4, 0.5) is 21.6 Å². The molecule has 0 unspecified atom stereocenters. The van der Waals surface area contributed by atoms with Crippen LogP contribution in [0.3, 0.4) is 0 Å². The molecule has 1 aliphatic rings. The van der Waals surface area contributed by atoms with Gasteiger partial charge in [-0.25, -0.2) is 9.37 Å². The Kier molecular flexibility index (Phi) is 2.21. The number of hydrogen-bond acceptors (Lipinski definition) is 3. The lowest BCUT2D eigenvalue weighted by Crippen LogP contribution is -2.14. The maximum absolute atomic E-state index is 13.2. The van der Waals surface area contributed by atoms with Crippen LogP contribution in [-0.4, -0.2) is 11.5 Å². The molecule has 1 aromatic carbocycles. The van der Waals surface area contributed by atoms with E-state index < -0.39 is 0 Å². The summed E-state index contributed by atoms with van der Waals surface area (Å²) in [6.45, 7) is 0.829. The van der Waals surface area contributed by atoms with Crippen molar-refractivity contribution in [1.82, 2.24) is 4.98 Å². The topological polar surface area (TPSA) is 42.1 Å². The number of benzene rings is 1. The third-order valence-electron chi connectivity index (χ3n) is 2.99. The van der Waals surface area contributed by atoms with E-state index in [4.69, 9.17) is 5.73 Å². The van der Waals surface area contributed by atoms with Crippen LogP contribution in [0, 0.1) is 5.82 Å². The number of pyridine rings is 1. The molecule has 0 aliphatic carbocycles. The van der Waals surface area contributed by atoms with Crippen LogP contribution in [0.25, 0.3) is 0 Å². The van der Waals surface area contributed by atoms with E-state index in [9.17, 15) is 4.39 Å². The molecular weight excluding hydrogens is 217 g/mol. The van der Waals surface area contributed by atoms with E-state index in [-0.39, 0.29) is 5.82 Å². The van der Waals surface area contributed by atoms with Crippen molar-refractivity contribution in [3.05, 3.63) is 47.9 Å². The summed E-state index contributed by atoms with van der Waals surface area (Å²) in [5.74, 6) is 0.592. The van der Waals surface area contributed by atoms with Gasteiger partial charge in [-0.05, 0) is 36.2 Å². The normalized spacial score (nSPS) is 13.8. The average Bonchev–Trinajstić information content (AvgIpc) is 2.73. The highest BCUT2D eigenvalue weighted by molar-refractivity contribution is 5.68. The number of nitrogens with two attached hydrogens (primary N) is 1. The molecule has 3 rings (SSSR count). The quantitative estimate of drug-likeness (QED) is 0.816. The van der Waals surface area contributed by atoms with Gasteiger partial charge in [0.2, 0.25) is 0 Å². The lowest BCUT2D eigenvalue weighted by atomic mass is 10.2. The van der Waals surface area contributed by atoms with Crippen molar-refractivity contribution < 1.29 is 4.39 Å². The maximum atomic E-state index is 13.2. The summed E-state index contributed by atoms with van der Waals surface area (Å²) in [5.41, 5.74) is 8.30. The van der Waals surface area contributed by atoms with E-state index in [1.165, 1.54) is 6.07 Å². The van der Waals surface area contributed by atoms with Crippen molar-refractivity contribution >= 4 is 17.2 Å². The van der Waals surface area contributed by atoms with Crippen LogP contribution in [0.15, 0.2) is 36.5 Å². The lowest BCUT2D eigenvalue weighted by Gasteiger charge is -2.18. The minimum absolute atomic E-state index is 0.217. The van der Waals surface area contributed by atoms with Gasteiger partial charge in [-0.15, -0.1) is 0 Å². The Balaban J connectivity index is 2.03. The summed E-state index contributed by atoms with van der Waals surface area (Å²) in [5, 5.41) is 0. The molecule has 0 saturated heterocycles. The Morgan fingerprint density at radius 1 is 1.24 bits per heavy atom. The van der Waals surface area contributed by atoms with Crippen molar-refractivity contribution in [3.63, 3.8) is 0 Å². The van der Waals surface area contributed by atoms with Crippen molar-refractivity contribution in [3.8, 4) is 0 Å². The molecule has 3 nitrogen and oxygen atoms in total. The van der Waals surface area contributed by atoms with Crippen molar-refractivity contribution in [2.75, 3.05) is 17.2 Å². The Hall–Kier alpha value is -2.10. The highest BCUT2D eigenvalue weighted by Crippen LogP contribution is 2.33. The van der Waals surface area contributed by atoms with Crippen LogP contribution >= 0.6 is 0 Å². The number of nitrogen functional groups attached to an aromatic ring is 1. The number of rotatable bonds is 1. The van der Waals surface area contributed by atoms with Crippen LogP contribution in [0.1, 0.15) is 5.56 Å². The molecule has 4 heteroatoms. The fourth-order valence-corrected chi connectivity index (χ4v) is 2.15. The predicted molar refractivity (Wildman–Crippen MR) is 65.8 cm³/mol. The maximum Gasteiger partial charge on any atom is 0.133 e. The Morgan fingerprint density at radius 2 is 2.12 bits per heavy atom. The minimum atomic E-state index is -0.217. The fourth-order valence-electron chi connectivity index (χ4n) is 2.15. The number of hydrogen-bond donors (Lipinski definition) is 1. The van der Waals surface area contributed by atoms with Crippen LogP contribution < -0.4 is 10.6 Å². The first-order chi connectivity index (χ1) is 8.24. The van der Waals surface area contributed by atoms with Crippen LogP contribution in [0.2, 0.25) is 0 Å². The standard InChI is InChI=1S/C13H12FN3/c14-10-2-1-9-5-6-17(12(9)7-10)13-4-3-11(15)8-16-13/h1-4,7-8H,5-6,15H2. The van der Waals surface area contributed by atoms with E-state index in [0.717, 1.165) is 30.0 Å². The second kappa shape index (κ2) is 3.73. The van der Waals surface area contributed by atoms with E-state index in [0.29, 0.717) is 5.69 Å². The summed E-state index contributed by atoms with van der Waals surface area (Å²) in [6.07, 6.45) is 2.54. The summed E-state index contributed by atoms with van der Waals surface area (Å²) in [6, 6.07) is 8.55. The monoisotopic (exact) mass is 229 g/mol. The molecular formula is C13H12FN3. The molecule has 0 spiro atoms. The van der Waals surface area contributed by atoms with Crippen molar-refractivity contribution in [2.45, 2.75) is 6.42 Å². The second-order valence-electron chi connectivity index (χ2n) is 4.12. The van der Waals surface area contributed by atoms with E-state index >= 15 is 0 Å². The summed E-state index contributed by atoms with van der Waals surface area (Å²) < 4.78 is 13.2. The van der Waals surface area contributed by atoms with E-state index in [1.807, 2.05) is 17.0 Å². The van der Waals surface area contributed by atoms with Gasteiger partial charge in [-0.2, -0.15) is 0 Å². The van der Waals surface area contributed by atoms with E-state index in [1.54, 1.807) is 18.3 Å². The zero-order chi connectivity index (χ0) is 11.8. The van der Waals surface area contributed by atoms with Gasteiger partial charge in [0.15, 0.2) is 0 Å². The fraction of sp³-hybridized carbons (Fsp3) is 0.154. The van der Waals surface area contributed by atoms with Crippen LogP contribution in [-0.2, 0) is 6.42 Å². The predicted octanol–water partition coefficient (Wildman–Crippen LogP) is 2.50. The molecule has 0 atom stereocenters. The first-order valence-electron chi connectivity index (χ1n) is 5.51. The molecule has 2 aromatic rings. The molecule has 0 bridgehead atoms. The minimum Gasteiger partial charge on any atom is -0.397 e. The highest BCUT2D eigenvalue weighted by atomic mass is 19.1. The molecule has 0 saturated carbocycles. The van der Waals surface area contributed by atoms with Crippen molar-refractivity contribution in [1.29, 1.82) is 0 Å². The molecule has 2 N–H and O–H groups in total. The summed E-state index contributed by atoms with van der Waals surface area (Å²) >= 11 is 0. The first-order valence-corrected chi connectivity index (χ1v) is 5.51. The Bertz CT molecular complexity index is 551. The molecule has 2 heterocycles. The van der Waals surface area contributed by atoms with Crippen molar-refractivity contribution in [2.24, 2.45) is 0 Å². The third kappa shape index (κ3) is 1.71. The van der Waals surface area contributed by atoms with Gasteiger partial charge < -0.3 is 10.6 Å². The van der Waals surface area contributed by atoms with Gasteiger partial charge in [0.05, 0.1) is 11.9 Å². The Labute approximate surface area is 98.7 Å². The largest absolute Gasteiger partial charge is 0.397 e. The van der Waals surface area contributed by atoms with Gasteiger partial charge in [-0.3, -0.25) is 0 Å². The molecule has 0 radical (unpaired) electrons. The number of halogens is 1. The average molecular weight is 229 g/mol. The third-order valence-corrected chi connectivity index (χ3v) is 2.99.